The molecule has 0 unspecified atom stereocenters. The average molecular weight is 346 g/mol. The maximum Gasteiger partial charge on any atom is 0.227 e. The maximum absolute atomic E-state index is 12.6. The van der Waals surface area contributed by atoms with Crippen molar-refractivity contribution in [1.82, 2.24) is 9.80 Å². The number of likely N-dealkylation sites (N-methyl/N-ethyl adjacent to an activating group) is 1. The molecule has 2 fully saturated rings. The molecule has 3 rings (SSSR count). The standard InChI is InChI=1S/C19H26N2O4/c1-20-11-12-25-19(14-18(20)23)7-9-21(10-8-19)17(22)13-15-5-3-4-6-16(15)24-2/h3-6H,7-14H2,1-2H3. The number of nitrogens with zero attached hydrogens (tertiary/aromatic N) is 2. The highest BCUT2D eigenvalue weighted by atomic mass is 16.5. The van der Waals surface area contributed by atoms with E-state index in [9.17, 15) is 9.59 Å². The third-order valence-corrected chi connectivity index (χ3v) is 5.30. The van der Waals surface area contributed by atoms with Gasteiger partial charge in [-0.1, -0.05) is 18.2 Å². The molecule has 2 heterocycles. The largest absolute Gasteiger partial charge is 0.496 e. The zero-order valence-electron chi connectivity index (χ0n) is 15.0. The van der Waals surface area contributed by atoms with Crippen molar-refractivity contribution >= 4 is 11.8 Å². The van der Waals surface area contributed by atoms with Gasteiger partial charge in [0.15, 0.2) is 0 Å². The topological polar surface area (TPSA) is 59.1 Å². The molecule has 2 aliphatic heterocycles. The van der Waals surface area contributed by atoms with Crippen LogP contribution in [-0.2, 0) is 20.7 Å². The van der Waals surface area contributed by atoms with Gasteiger partial charge in [-0.05, 0) is 18.9 Å². The first kappa shape index (κ1) is 17.7. The van der Waals surface area contributed by atoms with Gasteiger partial charge in [0.25, 0.3) is 0 Å². The van der Waals surface area contributed by atoms with Gasteiger partial charge in [-0.2, -0.15) is 0 Å². The van der Waals surface area contributed by atoms with E-state index in [1.807, 2.05) is 36.2 Å². The fraction of sp³-hybridized carbons (Fsp3) is 0.579. The molecule has 0 saturated carbocycles. The molecular formula is C19H26N2O4. The van der Waals surface area contributed by atoms with E-state index < -0.39 is 5.60 Å². The number of piperidine rings is 1. The molecule has 0 bridgehead atoms. The molecule has 0 atom stereocenters. The molecule has 6 heteroatoms. The monoisotopic (exact) mass is 346 g/mol. The molecular weight excluding hydrogens is 320 g/mol. The van der Waals surface area contributed by atoms with E-state index in [0.29, 0.717) is 51.9 Å². The molecule has 0 N–H and O–H groups in total. The number of methoxy groups -OCH3 is 1. The molecule has 2 aliphatic rings. The van der Waals surface area contributed by atoms with Crippen LogP contribution in [0.2, 0.25) is 0 Å². The summed E-state index contributed by atoms with van der Waals surface area (Å²) in [7, 11) is 3.43. The highest BCUT2D eigenvalue weighted by molar-refractivity contribution is 5.80. The molecule has 1 aromatic rings. The Morgan fingerprint density at radius 1 is 1.24 bits per heavy atom. The van der Waals surface area contributed by atoms with Crippen LogP contribution in [0.3, 0.4) is 0 Å². The van der Waals surface area contributed by atoms with E-state index in [1.165, 1.54) is 0 Å². The SMILES string of the molecule is COc1ccccc1CC(=O)N1CCC2(CC1)CC(=O)N(C)CCO2. The fourth-order valence-corrected chi connectivity index (χ4v) is 3.59. The van der Waals surface area contributed by atoms with Crippen LogP contribution in [0.15, 0.2) is 24.3 Å². The van der Waals surface area contributed by atoms with Gasteiger partial charge in [0, 0.05) is 32.2 Å². The summed E-state index contributed by atoms with van der Waals surface area (Å²) in [6.45, 7) is 2.46. The van der Waals surface area contributed by atoms with E-state index in [1.54, 1.807) is 12.0 Å². The minimum atomic E-state index is -0.400. The quantitative estimate of drug-likeness (QED) is 0.832. The third kappa shape index (κ3) is 3.95. The van der Waals surface area contributed by atoms with Crippen LogP contribution in [-0.4, -0.2) is 67.6 Å². The second kappa shape index (κ2) is 7.44. The summed E-state index contributed by atoms with van der Waals surface area (Å²) in [6.07, 6.45) is 2.17. The Balaban J connectivity index is 1.60. The van der Waals surface area contributed by atoms with Crippen molar-refractivity contribution in [2.75, 3.05) is 40.4 Å². The number of ether oxygens (including phenoxy) is 2. The first-order chi connectivity index (χ1) is 12.0. The van der Waals surface area contributed by atoms with Crippen molar-refractivity contribution in [3.63, 3.8) is 0 Å². The predicted octanol–water partition coefficient (Wildman–Crippen LogP) is 1.48. The lowest BCUT2D eigenvalue weighted by Crippen LogP contribution is -2.49. The van der Waals surface area contributed by atoms with Crippen molar-refractivity contribution in [2.24, 2.45) is 0 Å². The van der Waals surface area contributed by atoms with E-state index in [2.05, 4.69) is 0 Å². The number of amides is 2. The van der Waals surface area contributed by atoms with Gasteiger partial charge in [-0.15, -0.1) is 0 Å². The number of likely N-dealkylation sites (tertiary alicyclic amines) is 1. The van der Waals surface area contributed by atoms with Crippen LogP contribution in [0, 0.1) is 0 Å². The van der Waals surface area contributed by atoms with Crippen molar-refractivity contribution in [2.45, 2.75) is 31.3 Å². The lowest BCUT2D eigenvalue weighted by molar-refractivity contribution is -0.140. The van der Waals surface area contributed by atoms with E-state index in [-0.39, 0.29) is 11.8 Å². The molecule has 1 spiro atoms. The minimum absolute atomic E-state index is 0.0939. The highest BCUT2D eigenvalue weighted by Gasteiger charge is 2.40. The molecule has 0 aromatic heterocycles. The van der Waals surface area contributed by atoms with Gasteiger partial charge < -0.3 is 19.3 Å². The van der Waals surface area contributed by atoms with Crippen LogP contribution in [0.5, 0.6) is 5.75 Å². The lowest BCUT2D eigenvalue weighted by atomic mass is 9.87. The maximum atomic E-state index is 12.6. The van der Waals surface area contributed by atoms with Crippen LogP contribution < -0.4 is 4.74 Å². The van der Waals surface area contributed by atoms with Gasteiger partial charge in [-0.25, -0.2) is 0 Å². The molecule has 0 radical (unpaired) electrons. The summed E-state index contributed by atoms with van der Waals surface area (Å²) in [6, 6.07) is 7.60. The Kier molecular flexibility index (Phi) is 5.27. The summed E-state index contributed by atoms with van der Waals surface area (Å²) in [5.74, 6) is 0.966. The number of hydrogen-bond acceptors (Lipinski definition) is 4. The lowest BCUT2D eigenvalue weighted by Gasteiger charge is -2.40. The molecule has 6 nitrogen and oxygen atoms in total. The number of carbonyl (C=O) groups is 2. The zero-order chi connectivity index (χ0) is 17.9. The summed E-state index contributed by atoms with van der Waals surface area (Å²) in [5, 5.41) is 0. The second-order valence-corrected chi connectivity index (χ2v) is 6.89. The highest BCUT2D eigenvalue weighted by Crippen LogP contribution is 2.32. The number of hydrogen-bond donors (Lipinski definition) is 0. The molecule has 0 aliphatic carbocycles. The molecule has 136 valence electrons. The van der Waals surface area contributed by atoms with Crippen molar-refractivity contribution in [1.29, 1.82) is 0 Å². The van der Waals surface area contributed by atoms with Crippen molar-refractivity contribution < 1.29 is 19.1 Å². The van der Waals surface area contributed by atoms with Gasteiger partial charge in [0.2, 0.25) is 11.8 Å². The number of benzene rings is 1. The summed E-state index contributed by atoms with van der Waals surface area (Å²) in [5.41, 5.74) is 0.501. The van der Waals surface area contributed by atoms with E-state index in [4.69, 9.17) is 9.47 Å². The van der Waals surface area contributed by atoms with Crippen molar-refractivity contribution in [3.8, 4) is 5.75 Å². The molecule has 2 amide bonds. The Bertz CT molecular complexity index is 638. The molecule has 25 heavy (non-hydrogen) atoms. The minimum Gasteiger partial charge on any atom is -0.496 e. The Labute approximate surface area is 148 Å². The fourth-order valence-electron chi connectivity index (χ4n) is 3.59. The molecule has 2 saturated heterocycles. The normalized spacial score (nSPS) is 20.5. The van der Waals surface area contributed by atoms with Crippen LogP contribution in [0.4, 0.5) is 0 Å². The summed E-state index contributed by atoms with van der Waals surface area (Å²) >= 11 is 0. The van der Waals surface area contributed by atoms with Gasteiger partial charge in [-0.3, -0.25) is 9.59 Å². The van der Waals surface area contributed by atoms with Crippen LogP contribution in [0.25, 0.3) is 0 Å². The zero-order valence-corrected chi connectivity index (χ0v) is 15.0. The Morgan fingerprint density at radius 3 is 2.68 bits per heavy atom. The average Bonchev–Trinajstić information content (AvgIpc) is 2.75. The van der Waals surface area contributed by atoms with Gasteiger partial charge in [0.05, 0.1) is 32.2 Å². The van der Waals surface area contributed by atoms with Gasteiger partial charge in [0.1, 0.15) is 5.75 Å². The molecule has 1 aromatic carbocycles. The number of rotatable bonds is 3. The number of para-hydroxylation sites is 1. The van der Waals surface area contributed by atoms with Gasteiger partial charge >= 0.3 is 0 Å². The Morgan fingerprint density at radius 2 is 1.96 bits per heavy atom. The summed E-state index contributed by atoms with van der Waals surface area (Å²) in [4.78, 5) is 28.4. The van der Waals surface area contributed by atoms with Crippen LogP contribution >= 0.6 is 0 Å². The van der Waals surface area contributed by atoms with E-state index in [0.717, 1.165) is 11.3 Å². The smallest absolute Gasteiger partial charge is 0.227 e. The summed E-state index contributed by atoms with van der Waals surface area (Å²) < 4.78 is 11.4. The van der Waals surface area contributed by atoms with Crippen LogP contribution in [0.1, 0.15) is 24.8 Å². The third-order valence-electron chi connectivity index (χ3n) is 5.30. The first-order valence-electron chi connectivity index (χ1n) is 8.81. The second-order valence-electron chi connectivity index (χ2n) is 6.89. The first-order valence-corrected chi connectivity index (χ1v) is 8.81. The van der Waals surface area contributed by atoms with Crippen molar-refractivity contribution in [3.05, 3.63) is 29.8 Å². The Hall–Kier alpha value is -2.08. The predicted molar refractivity (Wildman–Crippen MR) is 93.4 cm³/mol. The number of carbonyl (C=O) groups excluding carboxylic acids is 2. The van der Waals surface area contributed by atoms with E-state index >= 15 is 0 Å².